The molecule has 4 heteroatoms. The number of nitrogens with zero attached hydrogens (tertiary/aromatic N) is 2. The maximum Gasteiger partial charge on any atom is 0.237 e. The van der Waals surface area contributed by atoms with Crippen LogP contribution < -0.4 is 5.32 Å². The van der Waals surface area contributed by atoms with Crippen LogP contribution in [-0.4, -0.2) is 47.9 Å². The van der Waals surface area contributed by atoms with Gasteiger partial charge < -0.3 is 5.32 Å². The Morgan fingerprint density at radius 3 is 2.58 bits per heavy atom. The van der Waals surface area contributed by atoms with E-state index in [0.717, 1.165) is 6.54 Å². The van der Waals surface area contributed by atoms with Gasteiger partial charge in [-0.25, -0.2) is 0 Å². The molecule has 2 fully saturated rings. The quantitative estimate of drug-likeness (QED) is 0.810. The summed E-state index contributed by atoms with van der Waals surface area (Å²) in [6, 6.07) is 9.17. The molecule has 1 amide bonds. The number of likely N-dealkylation sites (N-methyl/N-ethyl adjacent to an activating group) is 1. The van der Waals surface area contributed by atoms with Crippen molar-refractivity contribution in [1.82, 2.24) is 15.1 Å². The van der Waals surface area contributed by atoms with E-state index in [2.05, 4.69) is 46.4 Å². The number of hydrogen-bond acceptors (Lipinski definition) is 3. The summed E-state index contributed by atoms with van der Waals surface area (Å²) in [5, 5.41) is 3.15. The van der Waals surface area contributed by atoms with Crippen molar-refractivity contribution in [2.75, 3.05) is 20.1 Å². The number of benzene rings is 1. The maximum atomic E-state index is 12.6. The van der Waals surface area contributed by atoms with Crippen molar-refractivity contribution in [1.29, 1.82) is 0 Å². The Labute approximate surface area is 158 Å². The molecule has 1 N–H and O–H groups in total. The topological polar surface area (TPSA) is 35.6 Å². The minimum atomic E-state index is -0.0640. The molecular weight excluding hydrogens is 322 g/mol. The van der Waals surface area contributed by atoms with Crippen LogP contribution in [0.2, 0.25) is 0 Å². The van der Waals surface area contributed by atoms with Crippen LogP contribution in [0.4, 0.5) is 0 Å². The smallest absolute Gasteiger partial charge is 0.237 e. The lowest BCUT2D eigenvalue weighted by Gasteiger charge is -2.34. The molecule has 4 nitrogen and oxygen atoms in total. The van der Waals surface area contributed by atoms with Crippen LogP contribution in [-0.2, 0) is 17.9 Å². The van der Waals surface area contributed by atoms with Gasteiger partial charge in [0.1, 0.15) is 0 Å². The third-order valence-electron chi connectivity index (χ3n) is 6.20. The van der Waals surface area contributed by atoms with Gasteiger partial charge in [0.05, 0.1) is 6.04 Å². The predicted molar refractivity (Wildman–Crippen MR) is 107 cm³/mol. The van der Waals surface area contributed by atoms with E-state index >= 15 is 0 Å². The first-order valence-corrected chi connectivity index (χ1v) is 10.4. The van der Waals surface area contributed by atoms with Crippen LogP contribution in [0.5, 0.6) is 0 Å². The number of likely N-dealkylation sites (tertiary alicyclic amines) is 1. The number of carbonyl (C=O) groups is 1. The van der Waals surface area contributed by atoms with Gasteiger partial charge in [-0.05, 0) is 63.9 Å². The summed E-state index contributed by atoms with van der Waals surface area (Å²) in [6.45, 7) is 6.11. The van der Waals surface area contributed by atoms with Gasteiger partial charge in [-0.15, -0.1) is 0 Å². The van der Waals surface area contributed by atoms with Crippen LogP contribution in [0.1, 0.15) is 63.0 Å². The molecule has 0 radical (unpaired) electrons. The molecule has 1 atom stereocenters. The second-order valence-electron chi connectivity index (χ2n) is 8.15. The van der Waals surface area contributed by atoms with Gasteiger partial charge in [-0.3, -0.25) is 14.6 Å². The molecule has 0 bridgehead atoms. The van der Waals surface area contributed by atoms with Crippen molar-refractivity contribution in [2.24, 2.45) is 0 Å². The highest BCUT2D eigenvalue weighted by Crippen LogP contribution is 2.23. The number of hydrogen-bond donors (Lipinski definition) is 1. The second kappa shape index (κ2) is 9.52. The number of rotatable bonds is 7. The molecule has 1 aromatic rings. The highest BCUT2D eigenvalue weighted by Gasteiger charge is 2.25. The normalized spacial score (nSPS) is 20.4. The first kappa shape index (κ1) is 19.4. The van der Waals surface area contributed by atoms with E-state index in [1.807, 2.05) is 6.92 Å². The number of nitrogens with one attached hydrogen (secondary N) is 1. The third-order valence-corrected chi connectivity index (χ3v) is 6.20. The minimum Gasteiger partial charge on any atom is -0.351 e. The third kappa shape index (κ3) is 5.31. The predicted octanol–water partition coefficient (Wildman–Crippen LogP) is 3.55. The Morgan fingerprint density at radius 1 is 1.15 bits per heavy atom. The monoisotopic (exact) mass is 357 g/mol. The molecule has 3 rings (SSSR count). The lowest BCUT2D eigenvalue weighted by molar-refractivity contribution is -0.126. The van der Waals surface area contributed by atoms with Gasteiger partial charge in [0.2, 0.25) is 5.91 Å². The molecule has 26 heavy (non-hydrogen) atoms. The molecule has 1 heterocycles. The Hall–Kier alpha value is -1.39. The van der Waals surface area contributed by atoms with Crippen molar-refractivity contribution >= 4 is 5.91 Å². The summed E-state index contributed by atoms with van der Waals surface area (Å²) in [6.07, 6.45) is 9.04. The molecular formula is C22H35N3O. The van der Waals surface area contributed by atoms with E-state index in [-0.39, 0.29) is 11.9 Å². The second-order valence-corrected chi connectivity index (χ2v) is 8.15. The van der Waals surface area contributed by atoms with Crippen molar-refractivity contribution in [3.63, 3.8) is 0 Å². The zero-order valence-electron chi connectivity index (χ0n) is 16.5. The fourth-order valence-corrected chi connectivity index (χ4v) is 4.36. The van der Waals surface area contributed by atoms with Crippen LogP contribution in [0.3, 0.4) is 0 Å². The summed E-state index contributed by atoms with van der Waals surface area (Å²) in [4.78, 5) is 17.4. The molecule has 0 spiro atoms. The van der Waals surface area contributed by atoms with Gasteiger partial charge in [0.15, 0.2) is 0 Å². The number of carbonyl (C=O) groups excluding carboxylic acids is 1. The Kier molecular flexibility index (Phi) is 7.09. The summed E-state index contributed by atoms with van der Waals surface area (Å²) in [7, 11) is 2.11. The largest absolute Gasteiger partial charge is 0.351 e. The lowest BCUT2D eigenvalue weighted by Crippen LogP contribution is -2.48. The fourth-order valence-electron chi connectivity index (χ4n) is 4.36. The first-order valence-electron chi connectivity index (χ1n) is 10.4. The van der Waals surface area contributed by atoms with Gasteiger partial charge in [-0.1, -0.05) is 43.5 Å². The minimum absolute atomic E-state index is 0.0640. The molecule has 1 saturated carbocycles. The maximum absolute atomic E-state index is 12.6. The standard InChI is InChI=1S/C22H35N3O/c1-18(24(2)21-11-4-3-5-12-21)22(26)23-16-19-9-8-10-20(15-19)17-25-13-6-7-14-25/h8-10,15,18,21H,3-7,11-14,16-17H2,1-2H3,(H,23,26)/t18-/m0/s1. The Bertz CT molecular complexity index is 577. The highest BCUT2D eigenvalue weighted by molar-refractivity contribution is 5.81. The van der Waals surface area contributed by atoms with Crippen LogP contribution in [0.15, 0.2) is 24.3 Å². The van der Waals surface area contributed by atoms with Crippen molar-refractivity contribution < 1.29 is 4.79 Å². The van der Waals surface area contributed by atoms with Crippen molar-refractivity contribution in [3.8, 4) is 0 Å². The highest BCUT2D eigenvalue weighted by atomic mass is 16.2. The molecule has 1 aliphatic carbocycles. The van der Waals surface area contributed by atoms with Crippen molar-refractivity contribution in [3.05, 3.63) is 35.4 Å². The summed E-state index contributed by atoms with van der Waals surface area (Å²) >= 11 is 0. The van der Waals surface area contributed by atoms with Crippen LogP contribution >= 0.6 is 0 Å². The molecule has 0 unspecified atom stereocenters. The molecule has 2 aliphatic rings. The van der Waals surface area contributed by atoms with Crippen molar-refractivity contribution in [2.45, 2.75) is 77.0 Å². The van der Waals surface area contributed by atoms with E-state index in [9.17, 15) is 4.79 Å². The van der Waals surface area contributed by atoms with Crippen LogP contribution in [0, 0.1) is 0 Å². The molecule has 1 saturated heterocycles. The van der Waals surface area contributed by atoms with E-state index in [1.165, 1.54) is 69.2 Å². The van der Waals surface area contributed by atoms with Crippen LogP contribution in [0.25, 0.3) is 0 Å². The van der Waals surface area contributed by atoms with Gasteiger partial charge in [0, 0.05) is 19.1 Å². The zero-order chi connectivity index (χ0) is 18.4. The molecule has 1 aliphatic heterocycles. The Morgan fingerprint density at radius 2 is 1.85 bits per heavy atom. The molecule has 1 aromatic carbocycles. The SMILES string of the molecule is C[C@@H](C(=O)NCc1cccc(CN2CCCC2)c1)N(C)C1CCCCC1. The van der Waals surface area contributed by atoms with Gasteiger partial charge in [0.25, 0.3) is 0 Å². The van der Waals surface area contributed by atoms with Gasteiger partial charge in [-0.2, -0.15) is 0 Å². The average molecular weight is 358 g/mol. The molecule has 144 valence electrons. The Balaban J connectivity index is 1.48. The average Bonchev–Trinajstić information content (AvgIpc) is 3.19. The first-order chi connectivity index (χ1) is 12.6. The fraction of sp³-hybridized carbons (Fsp3) is 0.682. The lowest BCUT2D eigenvalue weighted by atomic mass is 9.93. The summed E-state index contributed by atoms with van der Waals surface area (Å²) < 4.78 is 0. The van der Waals surface area contributed by atoms with E-state index in [4.69, 9.17) is 0 Å². The molecule has 0 aromatic heterocycles. The summed E-state index contributed by atoms with van der Waals surface area (Å²) in [5.74, 6) is 0.142. The zero-order valence-corrected chi connectivity index (χ0v) is 16.5. The van der Waals surface area contributed by atoms with E-state index in [1.54, 1.807) is 0 Å². The van der Waals surface area contributed by atoms with Gasteiger partial charge >= 0.3 is 0 Å². The van der Waals surface area contributed by atoms with E-state index in [0.29, 0.717) is 12.6 Å². The number of amides is 1. The van der Waals surface area contributed by atoms with E-state index < -0.39 is 0 Å². The summed E-state index contributed by atoms with van der Waals surface area (Å²) in [5.41, 5.74) is 2.55.